The van der Waals surface area contributed by atoms with E-state index in [0.717, 1.165) is 4.68 Å². The number of carbonyl (C=O) groups is 1. The SMILES string of the molecule is CCOCCOc1nn(-c2ccccc2)c(=O)c(Cl)c1Cl.CCOCCOc1nn(-c2ccccc2)c(=O)c(Cl)c1N1CCN(C(=O)OC(C)(C)C)CC1. The molecule has 0 atom stereocenters. The minimum absolute atomic E-state index is 0.00495. The molecule has 0 saturated carbocycles. The third kappa shape index (κ3) is 11.6. The van der Waals surface area contributed by atoms with Gasteiger partial charge in [-0.05, 0) is 58.9 Å². The first-order valence-corrected chi connectivity index (χ1v) is 18.6. The molecule has 1 aliphatic rings. The summed E-state index contributed by atoms with van der Waals surface area (Å²) in [5, 5.41) is 8.49. The lowest BCUT2D eigenvalue weighted by Crippen LogP contribution is -2.50. The number of hydrogen-bond donors (Lipinski definition) is 0. The third-order valence-corrected chi connectivity index (χ3v) is 8.66. The Morgan fingerprint density at radius 2 is 1.13 bits per heavy atom. The van der Waals surface area contributed by atoms with Crippen LogP contribution in [0.5, 0.6) is 11.8 Å². The van der Waals surface area contributed by atoms with E-state index in [1.54, 1.807) is 41.3 Å². The van der Waals surface area contributed by atoms with Gasteiger partial charge < -0.3 is 33.5 Å². The number of nitrogens with zero attached hydrogens (tertiary/aromatic N) is 6. The van der Waals surface area contributed by atoms with Gasteiger partial charge in [-0.25, -0.2) is 4.79 Å². The van der Waals surface area contributed by atoms with E-state index in [0.29, 0.717) is 69.7 Å². The smallest absolute Gasteiger partial charge is 0.410 e. The van der Waals surface area contributed by atoms with Crippen LogP contribution in [0.1, 0.15) is 34.6 Å². The molecule has 14 nitrogen and oxygen atoms in total. The van der Waals surface area contributed by atoms with Gasteiger partial charge in [0.15, 0.2) is 0 Å². The number of carbonyl (C=O) groups excluding carboxylic acids is 1. The van der Waals surface area contributed by atoms with Crippen LogP contribution in [0.25, 0.3) is 11.4 Å². The van der Waals surface area contributed by atoms with Gasteiger partial charge in [0.2, 0.25) is 0 Å². The van der Waals surface area contributed by atoms with Crippen molar-refractivity contribution in [3.8, 4) is 23.1 Å². The van der Waals surface area contributed by atoms with Gasteiger partial charge in [-0.3, -0.25) is 9.59 Å². The highest BCUT2D eigenvalue weighted by molar-refractivity contribution is 6.42. The Morgan fingerprint density at radius 1 is 0.667 bits per heavy atom. The van der Waals surface area contributed by atoms with Gasteiger partial charge in [0.1, 0.15) is 39.6 Å². The predicted octanol–water partition coefficient (Wildman–Crippen LogP) is 6.31. The van der Waals surface area contributed by atoms with E-state index in [1.807, 2.05) is 63.8 Å². The molecular weight excluding hydrogens is 763 g/mol. The van der Waals surface area contributed by atoms with E-state index in [-0.39, 0.29) is 46.1 Å². The molecule has 0 N–H and O–H groups in total. The molecule has 3 heterocycles. The van der Waals surface area contributed by atoms with Crippen LogP contribution in [0.15, 0.2) is 70.3 Å². The molecule has 1 aliphatic heterocycles. The summed E-state index contributed by atoms with van der Waals surface area (Å²) in [5.41, 5.74) is 0.0882. The van der Waals surface area contributed by atoms with E-state index in [1.165, 1.54) is 4.68 Å². The second-order valence-corrected chi connectivity index (χ2v) is 13.7. The Hall–Kier alpha value is -4.34. The number of aromatic nitrogens is 4. The van der Waals surface area contributed by atoms with Crippen molar-refractivity contribution in [3.05, 3.63) is 96.4 Å². The second-order valence-electron chi connectivity index (χ2n) is 12.6. The normalized spacial score (nSPS) is 12.9. The molecular formula is C37H45Cl3N6O8. The summed E-state index contributed by atoms with van der Waals surface area (Å²) in [6.07, 6.45) is -0.362. The Balaban J connectivity index is 0.000000266. The molecule has 292 valence electrons. The van der Waals surface area contributed by atoms with Crippen LogP contribution in [-0.4, -0.2) is 102 Å². The fourth-order valence-electron chi connectivity index (χ4n) is 5.01. The lowest BCUT2D eigenvalue weighted by Gasteiger charge is -2.37. The van der Waals surface area contributed by atoms with Crippen LogP contribution < -0.4 is 25.5 Å². The molecule has 17 heteroatoms. The van der Waals surface area contributed by atoms with Gasteiger partial charge in [0, 0.05) is 39.4 Å². The highest BCUT2D eigenvalue weighted by Gasteiger charge is 2.30. The minimum Gasteiger partial charge on any atom is -0.473 e. The fourth-order valence-corrected chi connectivity index (χ4v) is 5.62. The lowest BCUT2D eigenvalue weighted by molar-refractivity contribution is 0.0240. The van der Waals surface area contributed by atoms with Gasteiger partial charge in [-0.2, -0.15) is 9.36 Å². The summed E-state index contributed by atoms with van der Waals surface area (Å²) >= 11 is 18.5. The summed E-state index contributed by atoms with van der Waals surface area (Å²) in [6, 6.07) is 17.9. The number of halogens is 3. The monoisotopic (exact) mass is 806 g/mol. The molecule has 1 amide bonds. The Bertz CT molecular complexity index is 1930. The van der Waals surface area contributed by atoms with Crippen LogP contribution in [0.3, 0.4) is 0 Å². The topological polar surface area (TPSA) is 139 Å². The maximum atomic E-state index is 13.1. The molecule has 4 aromatic rings. The molecule has 54 heavy (non-hydrogen) atoms. The second kappa shape index (κ2) is 20.4. The largest absolute Gasteiger partial charge is 0.473 e. The molecule has 0 bridgehead atoms. The number of benzene rings is 2. The Morgan fingerprint density at radius 3 is 1.61 bits per heavy atom. The first-order valence-electron chi connectivity index (χ1n) is 17.4. The van der Waals surface area contributed by atoms with Crippen LogP contribution in [-0.2, 0) is 14.2 Å². The summed E-state index contributed by atoms with van der Waals surface area (Å²) in [7, 11) is 0. The number of hydrogen-bond acceptors (Lipinski definition) is 11. The zero-order valence-corrected chi connectivity index (χ0v) is 33.2. The van der Waals surface area contributed by atoms with Crippen LogP contribution in [0.2, 0.25) is 15.1 Å². The fraction of sp³-hybridized carbons (Fsp3) is 0.432. The van der Waals surface area contributed by atoms with Gasteiger partial charge in [0.05, 0.1) is 24.6 Å². The lowest BCUT2D eigenvalue weighted by atomic mass is 10.2. The maximum absolute atomic E-state index is 13.1. The summed E-state index contributed by atoms with van der Waals surface area (Å²) in [4.78, 5) is 41.2. The van der Waals surface area contributed by atoms with E-state index in [9.17, 15) is 14.4 Å². The molecule has 5 rings (SSSR count). The first kappa shape index (κ1) is 42.4. The van der Waals surface area contributed by atoms with Gasteiger partial charge in [-0.15, -0.1) is 10.2 Å². The highest BCUT2D eigenvalue weighted by Crippen LogP contribution is 2.33. The predicted molar refractivity (Wildman–Crippen MR) is 209 cm³/mol. The highest BCUT2D eigenvalue weighted by atomic mass is 35.5. The summed E-state index contributed by atoms with van der Waals surface area (Å²) in [6.45, 7) is 13.5. The summed E-state index contributed by atoms with van der Waals surface area (Å²) < 4.78 is 29.7. The quantitative estimate of drug-likeness (QED) is 0.141. The van der Waals surface area contributed by atoms with Crippen molar-refractivity contribution in [3.63, 3.8) is 0 Å². The molecule has 0 spiro atoms. The number of rotatable bonds is 13. The first-order chi connectivity index (χ1) is 25.9. The number of anilines is 1. The molecule has 2 aromatic carbocycles. The van der Waals surface area contributed by atoms with Gasteiger partial charge in [-0.1, -0.05) is 71.2 Å². The zero-order valence-electron chi connectivity index (χ0n) is 30.9. The Kier molecular flexibility index (Phi) is 16.0. The molecule has 2 aromatic heterocycles. The van der Waals surface area contributed by atoms with Crippen LogP contribution in [0, 0.1) is 0 Å². The van der Waals surface area contributed by atoms with Crippen molar-refractivity contribution in [2.45, 2.75) is 40.2 Å². The third-order valence-electron chi connectivity index (χ3n) is 7.52. The van der Waals surface area contributed by atoms with E-state index < -0.39 is 16.7 Å². The number of para-hydroxylation sites is 2. The molecule has 0 radical (unpaired) electrons. The van der Waals surface area contributed by atoms with E-state index >= 15 is 0 Å². The van der Waals surface area contributed by atoms with E-state index in [4.69, 9.17) is 58.5 Å². The average molecular weight is 808 g/mol. The molecule has 1 fully saturated rings. The van der Waals surface area contributed by atoms with Crippen molar-refractivity contribution < 1.29 is 28.5 Å². The molecule has 0 aliphatic carbocycles. The van der Waals surface area contributed by atoms with Crippen molar-refractivity contribution in [2.75, 3.05) is 70.7 Å². The van der Waals surface area contributed by atoms with Crippen molar-refractivity contribution in [2.24, 2.45) is 0 Å². The number of ether oxygens (including phenoxy) is 5. The van der Waals surface area contributed by atoms with Gasteiger partial charge in [0.25, 0.3) is 22.9 Å². The Labute approximate surface area is 329 Å². The average Bonchev–Trinajstić information content (AvgIpc) is 3.16. The van der Waals surface area contributed by atoms with Gasteiger partial charge >= 0.3 is 6.09 Å². The van der Waals surface area contributed by atoms with Crippen LogP contribution in [0.4, 0.5) is 10.5 Å². The number of amides is 1. The standard InChI is InChI=1S/C23H31ClN4O5.C14H14Cl2N2O3/c1-5-31-15-16-32-20-19(18(24)21(29)28(25-20)17-9-7-6-8-10-17)26-11-13-27(14-12-26)22(30)33-23(2,3)4;1-2-20-8-9-21-13-11(15)12(16)14(19)18(17-13)10-6-4-3-5-7-10/h6-10H,5,11-16H2,1-4H3;3-7H,2,8-9H2,1H3. The van der Waals surface area contributed by atoms with Crippen molar-refractivity contribution in [1.82, 2.24) is 24.5 Å². The minimum atomic E-state index is -0.565. The van der Waals surface area contributed by atoms with Crippen LogP contribution >= 0.6 is 34.8 Å². The summed E-state index contributed by atoms with van der Waals surface area (Å²) in [5.74, 6) is 0.346. The van der Waals surface area contributed by atoms with Crippen molar-refractivity contribution in [1.29, 1.82) is 0 Å². The van der Waals surface area contributed by atoms with Crippen molar-refractivity contribution >= 4 is 46.6 Å². The molecule has 1 saturated heterocycles. The maximum Gasteiger partial charge on any atom is 0.410 e. The molecule has 0 unspecified atom stereocenters. The number of piperazine rings is 1. The zero-order chi connectivity index (χ0) is 39.3. The van der Waals surface area contributed by atoms with E-state index in [2.05, 4.69) is 10.2 Å².